The molecule has 2 nitrogen and oxygen atoms in total. The van der Waals surface area contributed by atoms with E-state index in [0.717, 1.165) is 10.6 Å². The molecule has 0 fully saturated rings. The molecule has 0 aliphatic heterocycles. The molecule has 0 aliphatic carbocycles. The molecule has 0 N–H and O–H groups in total. The van der Waals surface area contributed by atoms with E-state index in [1.54, 1.807) is 0 Å². The van der Waals surface area contributed by atoms with Crippen LogP contribution in [0, 0.1) is 6.07 Å². The summed E-state index contributed by atoms with van der Waals surface area (Å²) in [6.07, 6.45) is -1.69. The highest BCUT2D eigenvalue weighted by atomic mass is 19.4. The van der Waals surface area contributed by atoms with Crippen molar-refractivity contribution in [2.24, 2.45) is 0 Å². The van der Waals surface area contributed by atoms with Gasteiger partial charge in [0.2, 0.25) is 0 Å². The van der Waals surface area contributed by atoms with Gasteiger partial charge >= 0.3 is 6.18 Å². The summed E-state index contributed by atoms with van der Waals surface area (Å²) in [5.41, 5.74) is -0.762. The van der Waals surface area contributed by atoms with E-state index in [1.807, 2.05) is 0 Å². The molecule has 0 bridgehead atoms. The van der Waals surface area contributed by atoms with E-state index in [1.165, 1.54) is 18.5 Å². The van der Waals surface area contributed by atoms with Crippen molar-refractivity contribution in [3.8, 4) is 0 Å². The topological polar surface area (TPSA) is 17.3 Å². The van der Waals surface area contributed by atoms with E-state index in [9.17, 15) is 13.2 Å². The Morgan fingerprint density at radius 3 is 2.85 bits per heavy atom. The van der Waals surface area contributed by atoms with E-state index in [0.29, 0.717) is 0 Å². The monoisotopic (exact) mass is 185 g/mol. The van der Waals surface area contributed by atoms with Gasteiger partial charge in [-0.25, -0.2) is 4.52 Å². The van der Waals surface area contributed by atoms with Crippen LogP contribution in [0.15, 0.2) is 24.5 Å². The Hall–Kier alpha value is -1.52. The number of pyridine rings is 1. The van der Waals surface area contributed by atoms with Crippen molar-refractivity contribution in [3.05, 3.63) is 36.2 Å². The summed E-state index contributed by atoms with van der Waals surface area (Å²) in [5.74, 6) is 0. The fourth-order valence-corrected chi connectivity index (χ4v) is 1.12. The molecule has 1 radical (unpaired) electrons. The third kappa shape index (κ3) is 1.26. The minimum atomic E-state index is -4.35. The molecule has 2 heterocycles. The second-order valence-corrected chi connectivity index (χ2v) is 2.50. The maximum Gasteiger partial charge on any atom is 0.418 e. The molecule has 67 valence electrons. The summed E-state index contributed by atoms with van der Waals surface area (Å²) in [6.45, 7) is 0. The van der Waals surface area contributed by atoms with E-state index in [4.69, 9.17) is 0 Å². The van der Waals surface area contributed by atoms with Gasteiger partial charge in [-0.15, -0.1) is 0 Å². The highest BCUT2D eigenvalue weighted by Crippen LogP contribution is 2.31. The summed E-state index contributed by atoms with van der Waals surface area (Å²) in [4.78, 5) is 0. The first-order valence-electron chi connectivity index (χ1n) is 3.50. The molecule has 0 atom stereocenters. The zero-order valence-corrected chi connectivity index (χ0v) is 6.34. The summed E-state index contributed by atoms with van der Waals surface area (Å²) < 4.78 is 38.1. The lowest BCUT2D eigenvalue weighted by Gasteiger charge is -2.06. The van der Waals surface area contributed by atoms with Crippen molar-refractivity contribution in [1.82, 2.24) is 9.61 Å². The molecule has 2 aromatic rings. The van der Waals surface area contributed by atoms with E-state index in [-0.39, 0.29) is 5.52 Å². The number of nitrogens with zero attached hydrogens (tertiary/aromatic N) is 2. The second-order valence-electron chi connectivity index (χ2n) is 2.50. The SMILES string of the molecule is FC(F)(F)c1cccn2nc[c]c12. The van der Waals surface area contributed by atoms with Gasteiger partial charge < -0.3 is 0 Å². The zero-order valence-electron chi connectivity index (χ0n) is 6.34. The summed E-state index contributed by atoms with van der Waals surface area (Å²) in [6, 6.07) is 4.74. The molecule has 0 saturated heterocycles. The van der Waals surface area contributed by atoms with Crippen LogP contribution < -0.4 is 0 Å². The molecule has 0 aromatic carbocycles. The summed E-state index contributed by atoms with van der Waals surface area (Å²) >= 11 is 0. The number of halogens is 3. The molecule has 0 spiro atoms. The highest BCUT2D eigenvalue weighted by molar-refractivity contribution is 5.53. The number of rotatable bonds is 0. The average Bonchev–Trinajstić information content (AvgIpc) is 2.48. The molecule has 0 unspecified atom stereocenters. The first kappa shape index (κ1) is 8.10. The Morgan fingerprint density at radius 1 is 1.38 bits per heavy atom. The van der Waals surface area contributed by atoms with Gasteiger partial charge in [0.05, 0.1) is 17.3 Å². The van der Waals surface area contributed by atoms with Gasteiger partial charge in [-0.2, -0.15) is 18.3 Å². The standard InChI is InChI=1S/C8H4F3N2/c9-8(10,11)6-2-1-5-13-7(6)3-4-12-13/h1-2,4-5H. The van der Waals surface area contributed by atoms with Crippen molar-refractivity contribution in [3.63, 3.8) is 0 Å². The van der Waals surface area contributed by atoms with Crippen molar-refractivity contribution in [2.45, 2.75) is 6.18 Å². The fraction of sp³-hybridized carbons (Fsp3) is 0.125. The van der Waals surface area contributed by atoms with Gasteiger partial charge in [0.25, 0.3) is 0 Å². The predicted octanol–water partition coefficient (Wildman–Crippen LogP) is 2.15. The summed E-state index contributed by atoms with van der Waals surface area (Å²) in [7, 11) is 0. The molecule has 5 heteroatoms. The van der Waals surface area contributed by atoms with E-state index < -0.39 is 11.7 Å². The van der Waals surface area contributed by atoms with Crippen LogP contribution in [0.2, 0.25) is 0 Å². The van der Waals surface area contributed by atoms with Crippen LogP contribution >= 0.6 is 0 Å². The average molecular weight is 185 g/mol. The van der Waals surface area contributed by atoms with Gasteiger partial charge in [-0.3, -0.25) is 0 Å². The van der Waals surface area contributed by atoms with E-state index >= 15 is 0 Å². The van der Waals surface area contributed by atoms with Gasteiger partial charge in [0.1, 0.15) is 0 Å². The quantitative estimate of drug-likeness (QED) is 0.614. The lowest BCUT2D eigenvalue weighted by atomic mass is 10.2. The Labute approximate surface area is 71.6 Å². The molecular weight excluding hydrogens is 181 g/mol. The van der Waals surface area contributed by atoms with Gasteiger partial charge in [-0.05, 0) is 12.1 Å². The third-order valence-corrected chi connectivity index (χ3v) is 1.66. The van der Waals surface area contributed by atoms with Gasteiger partial charge in [0, 0.05) is 12.3 Å². The van der Waals surface area contributed by atoms with Crippen LogP contribution in [-0.2, 0) is 6.18 Å². The van der Waals surface area contributed by atoms with E-state index in [2.05, 4.69) is 11.2 Å². The predicted molar refractivity (Wildman–Crippen MR) is 39.0 cm³/mol. The van der Waals surface area contributed by atoms with Gasteiger partial charge in [0.15, 0.2) is 0 Å². The highest BCUT2D eigenvalue weighted by Gasteiger charge is 2.32. The molecule has 2 aromatic heterocycles. The number of hydrogen-bond acceptors (Lipinski definition) is 1. The smallest absolute Gasteiger partial charge is 0.240 e. The Kier molecular flexibility index (Phi) is 1.55. The van der Waals surface area contributed by atoms with Crippen LogP contribution in [-0.4, -0.2) is 9.61 Å². The van der Waals surface area contributed by atoms with Crippen LogP contribution in [0.5, 0.6) is 0 Å². The molecule has 0 saturated carbocycles. The van der Waals surface area contributed by atoms with Crippen molar-refractivity contribution in [2.75, 3.05) is 0 Å². The summed E-state index contributed by atoms with van der Waals surface area (Å²) in [5, 5.41) is 3.65. The number of hydrogen-bond donors (Lipinski definition) is 0. The molecule has 0 amide bonds. The molecular formula is C8H4F3N2. The Bertz CT molecular complexity index is 430. The minimum Gasteiger partial charge on any atom is -0.240 e. The first-order valence-corrected chi connectivity index (χ1v) is 3.50. The van der Waals surface area contributed by atoms with Crippen LogP contribution in [0.25, 0.3) is 5.52 Å². The lowest BCUT2D eigenvalue weighted by molar-refractivity contribution is -0.136. The molecule has 2 rings (SSSR count). The lowest BCUT2D eigenvalue weighted by Crippen LogP contribution is -2.07. The maximum absolute atomic E-state index is 12.3. The molecule has 13 heavy (non-hydrogen) atoms. The largest absolute Gasteiger partial charge is 0.418 e. The minimum absolute atomic E-state index is 0.0463. The number of aromatic nitrogens is 2. The second kappa shape index (κ2) is 2.48. The van der Waals surface area contributed by atoms with Crippen molar-refractivity contribution in [1.29, 1.82) is 0 Å². The van der Waals surface area contributed by atoms with Crippen LogP contribution in [0.3, 0.4) is 0 Å². The van der Waals surface area contributed by atoms with Crippen LogP contribution in [0.4, 0.5) is 13.2 Å². The first-order chi connectivity index (χ1) is 6.09. The number of alkyl halides is 3. The van der Waals surface area contributed by atoms with Crippen molar-refractivity contribution >= 4 is 5.52 Å². The normalized spacial score (nSPS) is 12.2. The molecule has 0 aliphatic rings. The van der Waals surface area contributed by atoms with Crippen LogP contribution in [0.1, 0.15) is 5.56 Å². The zero-order chi connectivity index (χ0) is 9.47. The van der Waals surface area contributed by atoms with Crippen molar-refractivity contribution < 1.29 is 13.2 Å². The Morgan fingerprint density at radius 2 is 2.15 bits per heavy atom. The van der Waals surface area contributed by atoms with Gasteiger partial charge in [-0.1, -0.05) is 0 Å². The Balaban J connectivity index is 2.75. The maximum atomic E-state index is 12.3. The third-order valence-electron chi connectivity index (χ3n) is 1.66. The fourth-order valence-electron chi connectivity index (χ4n) is 1.12. The number of fused-ring (bicyclic) bond motifs is 1.